The molecule has 1 aliphatic heterocycles. The fourth-order valence-corrected chi connectivity index (χ4v) is 1.12. The van der Waals surface area contributed by atoms with Gasteiger partial charge >= 0.3 is 0 Å². The van der Waals surface area contributed by atoms with Crippen molar-refractivity contribution in [3.63, 3.8) is 0 Å². The smallest absolute Gasteiger partial charge is 0.222 e. The molecule has 0 saturated carbocycles. The van der Waals surface area contributed by atoms with Crippen LogP contribution in [0.15, 0.2) is 11.9 Å². The second-order valence-corrected chi connectivity index (χ2v) is 2.86. The summed E-state index contributed by atoms with van der Waals surface area (Å²) >= 11 is 0. The van der Waals surface area contributed by atoms with Crippen LogP contribution in [0, 0.1) is 0 Å². The van der Waals surface area contributed by atoms with Gasteiger partial charge in [0.05, 0.1) is 6.04 Å². The van der Waals surface area contributed by atoms with Crippen molar-refractivity contribution < 1.29 is 9.59 Å². The van der Waals surface area contributed by atoms with Gasteiger partial charge in [0.2, 0.25) is 5.91 Å². The Bertz CT molecular complexity index is 260. The van der Waals surface area contributed by atoms with Crippen LogP contribution in [0.3, 0.4) is 0 Å². The third kappa shape index (κ3) is 2.55. The molecule has 1 atom stereocenters. The molecule has 0 bridgehead atoms. The molecule has 1 rings (SSSR count). The number of carbonyl (C=O) groups excluding carboxylic acids is 2. The van der Waals surface area contributed by atoms with E-state index >= 15 is 0 Å². The number of carbonyl (C=O) groups is 2. The van der Waals surface area contributed by atoms with Gasteiger partial charge in [-0.2, -0.15) is 0 Å². The molecule has 0 fully saturated rings. The molecule has 72 valence electrons. The third-order valence-corrected chi connectivity index (χ3v) is 1.79. The molecule has 0 unspecified atom stereocenters. The van der Waals surface area contributed by atoms with Crippen LogP contribution in [0.1, 0.15) is 6.92 Å². The lowest BCUT2D eigenvalue weighted by Gasteiger charge is -2.21. The highest BCUT2D eigenvalue weighted by molar-refractivity contribution is 5.96. The number of likely N-dealkylation sites (N-methyl/N-ethyl adjacent to an activating group) is 1. The molecule has 5 heteroatoms. The van der Waals surface area contributed by atoms with Crippen LogP contribution in [0.5, 0.6) is 0 Å². The highest BCUT2D eigenvalue weighted by atomic mass is 16.1. The first-order valence-electron chi connectivity index (χ1n) is 4.07. The van der Waals surface area contributed by atoms with Crippen LogP contribution in [0.4, 0.5) is 0 Å². The van der Waals surface area contributed by atoms with Crippen LogP contribution >= 0.6 is 0 Å². The largest absolute Gasteiger partial charge is 0.369 e. The molecule has 1 heterocycles. The predicted octanol–water partition coefficient (Wildman–Crippen LogP) is -1.28. The third-order valence-electron chi connectivity index (χ3n) is 1.79. The summed E-state index contributed by atoms with van der Waals surface area (Å²) in [6.07, 6.45) is 1.39. The van der Waals surface area contributed by atoms with Crippen LogP contribution in [0.25, 0.3) is 0 Å². The van der Waals surface area contributed by atoms with Crippen molar-refractivity contribution in [1.29, 1.82) is 0 Å². The Kier molecular flexibility index (Phi) is 3.02. The molecule has 1 amide bonds. The van der Waals surface area contributed by atoms with E-state index in [-0.39, 0.29) is 17.7 Å². The Morgan fingerprint density at radius 1 is 1.69 bits per heavy atom. The summed E-state index contributed by atoms with van der Waals surface area (Å²) in [5.74, 6) is 0.267. The fraction of sp³-hybridized carbons (Fsp3) is 0.500. The lowest BCUT2D eigenvalue weighted by molar-refractivity contribution is -0.118. The molecule has 3 N–H and O–H groups in total. The lowest BCUT2D eigenvalue weighted by Crippen LogP contribution is -2.48. The first kappa shape index (κ1) is 9.73. The summed E-state index contributed by atoms with van der Waals surface area (Å²) < 4.78 is 0. The zero-order valence-corrected chi connectivity index (χ0v) is 7.68. The molecule has 5 nitrogen and oxygen atoms in total. The van der Waals surface area contributed by atoms with Gasteiger partial charge in [-0.15, -0.1) is 0 Å². The number of hydrogen-bond donors (Lipinski definition) is 3. The van der Waals surface area contributed by atoms with Crippen molar-refractivity contribution >= 4 is 11.7 Å². The standard InChI is InChI=1S/C8H13N3O2/c1-5(12)11-8-3-7(13)6(9-2)4-10-8/h3,6,9-10H,4H2,1-2H3,(H,11,12)/t6-/m0/s1. The van der Waals surface area contributed by atoms with Crippen molar-refractivity contribution in [3.8, 4) is 0 Å². The Hall–Kier alpha value is -1.36. The van der Waals surface area contributed by atoms with Crippen molar-refractivity contribution in [1.82, 2.24) is 16.0 Å². The zero-order chi connectivity index (χ0) is 9.84. The Balaban J connectivity index is 2.61. The lowest BCUT2D eigenvalue weighted by atomic mass is 10.1. The maximum absolute atomic E-state index is 11.3. The maximum atomic E-state index is 11.3. The highest BCUT2D eigenvalue weighted by Gasteiger charge is 2.20. The Morgan fingerprint density at radius 2 is 2.38 bits per heavy atom. The summed E-state index contributed by atoms with van der Waals surface area (Å²) in [5.41, 5.74) is 0. The summed E-state index contributed by atoms with van der Waals surface area (Å²) in [5, 5.41) is 8.31. The SMILES string of the molecule is CN[C@H]1CNC(NC(C)=O)=CC1=O. The van der Waals surface area contributed by atoms with E-state index in [1.807, 2.05) is 0 Å². The van der Waals surface area contributed by atoms with Gasteiger partial charge in [0, 0.05) is 19.5 Å². The molecular formula is C8H13N3O2. The molecular weight excluding hydrogens is 170 g/mol. The predicted molar refractivity (Wildman–Crippen MR) is 47.8 cm³/mol. The van der Waals surface area contributed by atoms with Crippen molar-refractivity contribution in [2.75, 3.05) is 13.6 Å². The summed E-state index contributed by atoms with van der Waals surface area (Å²) in [4.78, 5) is 21.9. The van der Waals surface area contributed by atoms with E-state index in [4.69, 9.17) is 0 Å². The number of rotatable bonds is 2. The molecule has 13 heavy (non-hydrogen) atoms. The quantitative estimate of drug-likeness (QED) is 0.499. The second-order valence-electron chi connectivity index (χ2n) is 2.86. The normalized spacial score (nSPS) is 21.8. The molecule has 0 aromatic heterocycles. The van der Waals surface area contributed by atoms with Crippen LogP contribution in [-0.4, -0.2) is 31.3 Å². The van der Waals surface area contributed by atoms with Gasteiger partial charge in [-0.3, -0.25) is 9.59 Å². The Labute approximate surface area is 76.6 Å². The van der Waals surface area contributed by atoms with Gasteiger partial charge in [-0.25, -0.2) is 0 Å². The minimum Gasteiger partial charge on any atom is -0.369 e. The van der Waals surface area contributed by atoms with E-state index in [1.165, 1.54) is 13.0 Å². The van der Waals surface area contributed by atoms with E-state index in [9.17, 15) is 9.59 Å². The van der Waals surface area contributed by atoms with E-state index in [0.29, 0.717) is 12.4 Å². The van der Waals surface area contributed by atoms with Crippen molar-refractivity contribution in [2.24, 2.45) is 0 Å². The van der Waals surface area contributed by atoms with E-state index < -0.39 is 0 Å². The number of hydrogen-bond acceptors (Lipinski definition) is 4. The summed E-state index contributed by atoms with van der Waals surface area (Å²) in [7, 11) is 1.72. The van der Waals surface area contributed by atoms with Gasteiger partial charge in [-0.05, 0) is 7.05 Å². The van der Waals surface area contributed by atoms with Crippen LogP contribution in [0.2, 0.25) is 0 Å². The molecule has 0 radical (unpaired) electrons. The summed E-state index contributed by atoms with van der Waals surface area (Å²) in [6.45, 7) is 1.90. The molecule has 0 saturated heterocycles. The van der Waals surface area contributed by atoms with Crippen LogP contribution in [-0.2, 0) is 9.59 Å². The van der Waals surface area contributed by atoms with Gasteiger partial charge in [0.25, 0.3) is 0 Å². The number of nitrogens with one attached hydrogen (secondary N) is 3. The molecule has 0 aromatic rings. The fourth-order valence-electron chi connectivity index (χ4n) is 1.12. The highest BCUT2D eigenvalue weighted by Crippen LogP contribution is 1.97. The first-order valence-corrected chi connectivity index (χ1v) is 4.07. The average molecular weight is 183 g/mol. The van der Waals surface area contributed by atoms with Crippen molar-refractivity contribution in [2.45, 2.75) is 13.0 Å². The van der Waals surface area contributed by atoms with E-state index in [2.05, 4.69) is 16.0 Å². The van der Waals surface area contributed by atoms with Crippen molar-refractivity contribution in [3.05, 3.63) is 11.9 Å². The molecule has 0 aliphatic carbocycles. The minimum atomic E-state index is -0.197. The number of ketones is 1. The monoisotopic (exact) mass is 183 g/mol. The van der Waals surface area contributed by atoms with E-state index in [0.717, 1.165) is 0 Å². The van der Waals surface area contributed by atoms with Gasteiger partial charge in [-0.1, -0.05) is 0 Å². The van der Waals surface area contributed by atoms with Gasteiger partial charge in [0.1, 0.15) is 5.82 Å². The van der Waals surface area contributed by atoms with Gasteiger partial charge < -0.3 is 16.0 Å². The summed E-state index contributed by atoms with van der Waals surface area (Å²) in [6, 6.07) is -0.197. The maximum Gasteiger partial charge on any atom is 0.222 e. The van der Waals surface area contributed by atoms with Gasteiger partial charge in [0.15, 0.2) is 5.78 Å². The second kappa shape index (κ2) is 4.04. The molecule has 0 aromatic carbocycles. The Morgan fingerprint density at radius 3 is 2.85 bits per heavy atom. The molecule has 0 spiro atoms. The number of amides is 1. The first-order chi connectivity index (χ1) is 6.13. The minimum absolute atomic E-state index is 0.0231. The van der Waals surface area contributed by atoms with Crippen LogP contribution < -0.4 is 16.0 Å². The van der Waals surface area contributed by atoms with E-state index in [1.54, 1.807) is 7.05 Å². The topological polar surface area (TPSA) is 70.2 Å². The zero-order valence-electron chi connectivity index (χ0n) is 7.68. The molecule has 1 aliphatic rings. The average Bonchev–Trinajstić information content (AvgIpc) is 2.03.